The van der Waals surface area contributed by atoms with Crippen molar-refractivity contribution in [3.05, 3.63) is 53.6 Å². The minimum absolute atomic E-state index is 0.288. The van der Waals surface area contributed by atoms with Crippen LogP contribution in [-0.4, -0.2) is 55.4 Å². The minimum atomic E-state index is -0.339. The number of hydrogen-bond acceptors (Lipinski definition) is 6. The summed E-state index contributed by atoms with van der Waals surface area (Å²) in [5.41, 5.74) is 1.02. The number of amides is 3. The van der Waals surface area contributed by atoms with E-state index in [-0.39, 0.29) is 17.4 Å². The molecule has 0 unspecified atom stereocenters. The van der Waals surface area contributed by atoms with Gasteiger partial charge in [0.05, 0.1) is 30.5 Å². The third-order valence-electron chi connectivity index (χ3n) is 4.10. The van der Waals surface area contributed by atoms with E-state index in [0.717, 1.165) is 11.5 Å². The quantitative estimate of drug-likeness (QED) is 0.480. The second kappa shape index (κ2) is 14.1. The summed E-state index contributed by atoms with van der Waals surface area (Å²) in [6.07, 6.45) is 2.41. The van der Waals surface area contributed by atoms with Crippen LogP contribution in [0.15, 0.2) is 42.5 Å². The standard InChI is InChI=1S/C12H12N2O3S.C9H12O2.C2H6/c1-18-6-5-14-11(16)8-3-2-4-9(13-7-15)10(8)12(14)17;1-3-11-9-7-5-4-6-8(9)10-2;1-2/h2-4,7H,5-6H2,1H3,(H,13,15);4-7H,3H2,1-2H3;1-2H3. The Morgan fingerprint density at radius 2 is 1.71 bits per heavy atom. The lowest BCUT2D eigenvalue weighted by atomic mass is 10.1. The summed E-state index contributed by atoms with van der Waals surface area (Å²) in [4.78, 5) is 35.9. The van der Waals surface area contributed by atoms with E-state index >= 15 is 0 Å². The first-order valence-electron chi connectivity index (χ1n) is 10.0. The molecule has 8 heteroatoms. The van der Waals surface area contributed by atoms with Crippen LogP contribution in [0.25, 0.3) is 0 Å². The maximum Gasteiger partial charge on any atom is 0.263 e. The molecule has 0 saturated carbocycles. The Morgan fingerprint density at radius 3 is 2.29 bits per heavy atom. The molecule has 0 aliphatic carbocycles. The second-order valence-corrected chi connectivity index (χ2v) is 6.81. The highest BCUT2D eigenvalue weighted by Gasteiger charge is 2.36. The highest BCUT2D eigenvalue weighted by Crippen LogP contribution is 2.29. The molecule has 0 fully saturated rings. The molecule has 0 bridgehead atoms. The number of nitrogens with one attached hydrogen (secondary N) is 1. The summed E-state index contributed by atoms with van der Waals surface area (Å²) in [5.74, 6) is 1.65. The van der Waals surface area contributed by atoms with E-state index in [1.54, 1.807) is 37.1 Å². The molecule has 7 nitrogen and oxygen atoms in total. The number of anilines is 1. The maximum atomic E-state index is 12.1. The smallest absolute Gasteiger partial charge is 0.263 e. The third-order valence-corrected chi connectivity index (χ3v) is 4.69. The molecule has 2 aromatic carbocycles. The van der Waals surface area contributed by atoms with Gasteiger partial charge in [0.1, 0.15) is 0 Å². The van der Waals surface area contributed by atoms with Gasteiger partial charge in [0.15, 0.2) is 11.5 Å². The lowest BCUT2D eigenvalue weighted by Crippen LogP contribution is -2.31. The van der Waals surface area contributed by atoms with E-state index in [9.17, 15) is 14.4 Å². The second-order valence-electron chi connectivity index (χ2n) is 5.83. The van der Waals surface area contributed by atoms with Crippen LogP contribution in [0.3, 0.4) is 0 Å². The molecule has 3 rings (SSSR count). The fraction of sp³-hybridized carbons (Fsp3) is 0.348. The number of benzene rings is 2. The summed E-state index contributed by atoms with van der Waals surface area (Å²) in [5, 5.41) is 2.45. The lowest BCUT2D eigenvalue weighted by molar-refractivity contribution is -0.105. The first kappa shape index (κ1) is 26.0. The van der Waals surface area contributed by atoms with Gasteiger partial charge in [-0.15, -0.1) is 0 Å². The zero-order chi connectivity index (χ0) is 23.2. The van der Waals surface area contributed by atoms with E-state index in [2.05, 4.69) is 5.32 Å². The van der Waals surface area contributed by atoms with Gasteiger partial charge in [0, 0.05) is 12.3 Å². The Labute approximate surface area is 188 Å². The van der Waals surface area contributed by atoms with Crippen molar-refractivity contribution in [2.75, 3.05) is 37.6 Å². The molecule has 0 aromatic heterocycles. The first-order chi connectivity index (χ1) is 15.1. The van der Waals surface area contributed by atoms with E-state index in [0.29, 0.717) is 36.6 Å². The van der Waals surface area contributed by atoms with Crippen molar-refractivity contribution in [2.24, 2.45) is 0 Å². The van der Waals surface area contributed by atoms with E-state index in [1.165, 1.54) is 4.90 Å². The number of rotatable bonds is 8. The van der Waals surface area contributed by atoms with E-state index in [1.807, 2.05) is 51.3 Å². The van der Waals surface area contributed by atoms with E-state index in [4.69, 9.17) is 9.47 Å². The fourth-order valence-electron chi connectivity index (χ4n) is 2.80. The Kier molecular flexibility index (Phi) is 11.8. The number of hydrogen-bond donors (Lipinski definition) is 1. The van der Waals surface area contributed by atoms with Crippen LogP contribution in [0.4, 0.5) is 5.69 Å². The zero-order valence-corrected chi connectivity index (χ0v) is 19.5. The molecule has 168 valence electrons. The summed E-state index contributed by atoms with van der Waals surface area (Å²) in [6, 6.07) is 12.5. The number of thioether (sulfide) groups is 1. The van der Waals surface area contributed by atoms with Gasteiger partial charge in [-0.1, -0.05) is 32.0 Å². The van der Waals surface area contributed by atoms with Gasteiger partial charge in [-0.2, -0.15) is 11.8 Å². The van der Waals surface area contributed by atoms with Crippen LogP contribution in [0, 0.1) is 0 Å². The van der Waals surface area contributed by atoms with Gasteiger partial charge in [-0.3, -0.25) is 19.3 Å². The van der Waals surface area contributed by atoms with Crippen LogP contribution in [0.2, 0.25) is 0 Å². The molecule has 0 atom stereocenters. The number of carbonyl (C=O) groups is 3. The van der Waals surface area contributed by atoms with Crippen molar-refractivity contribution < 1.29 is 23.9 Å². The number of para-hydroxylation sites is 2. The number of methoxy groups -OCH3 is 1. The molecule has 2 aromatic rings. The predicted octanol–water partition coefficient (Wildman–Crippen LogP) is 4.33. The van der Waals surface area contributed by atoms with Crippen LogP contribution in [0.1, 0.15) is 41.5 Å². The Bertz CT molecular complexity index is 873. The highest BCUT2D eigenvalue weighted by molar-refractivity contribution is 7.98. The third kappa shape index (κ3) is 6.75. The predicted molar refractivity (Wildman–Crippen MR) is 125 cm³/mol. The van der Waals surface area contributed by atoms with Gasteiger partial charge in [0.2, 0.25) is 6.41 Å². The van der Waals surface area contributed by atoms with Crippen molar-refractivity contribution in [3.63, 3.8) is 0 Å². The molecular formula is C23H30N2O5S. The van der Waals surface area contributed by atoms with Crippen molar-refractivity contribution in [3.8, 4) is 11.5 Å². The topological polar surface area (TPSA) is 84.9 Å². The molecule has 1 aliphatic rings. The van der Waals surface area contributed by atoms with Gasteiger partial charge in [0.25, 0.3) is 11.8 Å². The monoisotopic (exact) mass is 446 g/mol. The van der Waals surface area contributed by atoms with Crippen LogP contribution in [0.5, 0.6) is 11.5 Å². The molecular weight excluding hydrogens is 416 g/mol. The van der Waals surface area contributed by atoms with Gasteiger partial charge in [-0.05, 0) is 37.4 Å². The molecule has 0 saturated heterocycles. The van der Waals surface area contributed by atoms with Crippen LogP contribution < -0.4 is 14.8 Å². The van der Waals surface area contributed by atoms with Crippen LogP contribution in [-0.2, 0) is 4.79 Å². The molecule has 1 aliphatic heterocycles. The van der Waals surface area contributed by atoms with E-state index < -0.39 is 0 Å². The molecule has 0 spiro atoms. The number of nitrogens with zero attached hydrogens (tertiary/aromatic N) is 1. The molecule has 1 N–H and O–H groups in total. The van der Waals surface area contributed by atoms with Gasteiger partial charge < -0.3 is 14.8 Å². The summed E-state index contributed by atoms with van der Waals surface area (Å²) >= 11 is 1.57. The van der Waals surface area contributed by atoms with Crippen molar-refractivity contribution >= 4 is 35.7 Å². The van der Waals surface area contributed by atoms with Gasteiger partial charge in [-0.25, -0.2) is 0 Å². The summed E-state index contributed by atoms with van der Waals surface area (Å²) in [7, 11) is 1.64. The van der Waals surface area contributed by atoms with Gasteiger partial charge >= 0.3 is 0 Å². The molecule has 0 radical (unpaired) electrons. The highest BCUT2D eigenvalue weighted by atomic mass is 32.2. The number of fused-ring (bicyclic) bond motifs is 1. The Hall–Kier alpha value is -3.00. The van der Waals surface area contributed by atoms with Crippen LogP contribution >= 0.6 is 11.8 Å². The Balaban J connectivity index is 0.000000317. The lowest BCUT2D eigenvalue weighted by Gasteiger charge is -2.12. The maximum absolute atomic E-state index is 12.1. The summed E-state index contributed by atoms with van der Waals surface area (Å²) < 4.78 is 10.4. The number of ether oxygens (including phenoxy) is 2. The molecule has 31 heavy (non-hydrogen) atoms. The van der Waals surface area contributed by atoms with Crippen molar-refractivity contribution in [1.82, 2.24) is 4.90 Å². The van der Waals surface area contributed by atoms with Crippen molar-refractivity contribution in [2.45, 2.75) is 20.8 Å². The average molecular weight is 447 g/mol. The molecule has 3 amide bonds. The summed E-state index contributed by atoms with van der Waals surface area (Å²) in [6.45, 7) is 7.00. The normalized spacial score (nSPS) is 11.5. The number of imide groups is 1. The number of carbonyl (C=O) groups excluding carboxylic acids is 3. The average Bonchev–Trinajstić information content (AvgIpc) is 3.05. The SMILES string of the molecule is CC.CCOc1ccccc1OC.CSCCN1C(=O)c2cccc(NC=O)c2C1=O. The van der Waals surface area contributed by atoms with Crippen molar-refractivity contribution in [1.29, 1.82) is 0 Å². The molecule has 1 heterocycles. The minimum Gasteiger partial charge on any atom is -0.493 e. The Morgan fingerprint density at radius 1 is 1.03 bits per heavy atom. The fourth-order valence-corrected chi connectivity index (χ4v) is 3.16. The zero-order valence-electron chi connectivity index (χ0n) is 18.6. The first-order valence-corrected chi connectivity index (χ1v) is 11.4. The largest absolute Gasteiger partial charge is 0.493 e.